The zero-order valence-corrected chi connectivity index (χ0v) is 10.6. The van der Waals surface area contributed by atoms with Crippen molar-refractivity contribution in [1.29, 1.82) is 0 Å². The Hall–Kier alpha value is -1.92. The van der Waals surface area contributed by atoms with E-state index < -0.39 is 0 Å². The van der Waals surface area contributed by atoms with Crippen molar-refractivity contribution in [1.82, 2.24) is 25.5 Å². The lowest BCUT2D eigenvalue weighted by atomic mass is 10.2. The highest BCUT2D eigenvalue weighted by Gasteiger charge is 2.10. The molecular weight excluding hydrogens is 246 g/mol. The van der Waals surface area contributed by atoms with E-state index in [1.54, 1.807) is 23.7 Å². The number of rotatable bonds is 3. The molecule has 0 radical (unpaired) electrons. The van der Waals surface area contributed by atoms with E-state index in [9.17, 15) is 0 Å². The number of hydrogen-bond acceptors (Lipinski definition) is 6. The Morgan fingerprint density at radius 1 is 1.17 bits per heavy atom. The molecule has 2 aromatic heterocycles. The molecule has 0 bridgehead atoms. The molecule has 90 valence electrons. The summed E-state index contributed by atoms with van der Waals surface area (Å²) in [5.41, 5.74) is 2.73. The Morgan fingerprint density at radius 2 is 2.06 bits per heavy atom. The van der Waals surface area contributed by atoms with Crippen molar-refractivity contribution in [3.8, 4) is 10.6 Å². The van der Waals surface area contributed by atoms with Gasteiger partial charge in [-0.3, -0.25) is 9.97 Å². The molecule has 0 saturated heterocycles. The molecule has 0 saturated carbocycles. The van der Waals surface area contributed by atoms with Gasteiger partial charge >= 0.3 is 0 Å². The molecular formula is C12H11N5S. The van der Waals surface area contributed by atoms with Gasteiger partial charge in [-0.1, -0.05) is 17.4 Å². The van der Waals surface area contributed by atoms with Crippen LogP contribution in [-0.4, -0.2) is 27.2 Å². The fraction of sp³-hybridized carbons (Fsp3) is 0.167. The van der Waals surface area contributed by atoms with E-state index in [4.69, 9.17) is 0 Å². The Balaban J connectivity index is 2.12. The van der Waals surface area contributed by atoms with E-state index in [1.165, 1.54) is 0 Å². The molecule has 0 amide bonds. The third-order valence-corrected chi connectivity index (χ3v) is 3.48. The van der Waals surface area contributed by atoms with Crippen LogP contribution >= 0.6 is 11.3 Å². The largest absolute Gasteiger partial charge is 0.313 e. The van der Waals surface area contributed by atoms with Crippen molar-refractivity contribution in [2.75, 3.05) is 7.05 Å². The second-order valence-corrected chi connectivity index (χ2v) is 4.82. The minimum Gasteiger partial charge on any atom is -0.313 e. The summed E-state index contributed by atoms with van der Waals surface area (Å²) in [5, 5.41) is 13.3. The minimum atomic E-state index is 0.730. The van der Waals surface area contributed by atoms with Crippen LogP contribution in [0.4, 0.5) is 0 Å². The van der Waals surface area contributed by atoms with Crippen LogP contribution in [0.15, 0.2) is 30.6 Å². The summed E-state index contributed by atoms with van der Waals surface area (Å²) >= 11 is 1.57. The Bertz CT molecular complexity index is 674. The number of fused-ring (bicyclic) bond motifs is 1. The average Bonchev–Trinajstić information content (AvgIpc) is 2.87. The third-order valence-electron chi connectivity index (χ3n) is 2.52. The van der Waals surface area contributed by atoms with Gasteiger partial charge in [0, 0.05) is 24.5 Å². The molecule has 0 unspecified atom stereocenters. The van der Waals surface area contributed by atoms with Crippen LogP contribution in [0.5, 0.6) is 0 Å². The monoisotopic (exact) mass is 257 g/mol. The van der Waals surface area contributed by atoms with Crippen LogP contribution in [0, 0.1) is 0 Å². The first-order valence-corrected chi connectivity index (χ1v) is 6.37. The van der Waals surface area contributed by atoms with Gasteiger partial charge in [0.15, 0.2) is 0 Å². The first kappa shape index (κ1) is 11.2. The van der Waals surface area contributed by atoms with Gasteiger partial charge in [-0.2, -0.15) is 0 Å². The minimum absolute atomic E-state index is 0.730. The summed E-state index contributed by atoms with van der Waals surface area (Å²) < 4.78 is 0. The van der Waals surface area contributed by atoms with Gasteiger partial charge in [0.2, 0.25) is 0 Å². The predicted octanol–water partition coefficient (Wildman–Crippen LogP) is 1.87. The summed E-state index contributed by atoms with van der Waals surface area (Å²) in [7, 11) is 1.89. The maximum Gasteiger partial charge on any atom is 0.150 e. The standard InChI is InChI=1S/C12H11N5S/c1-13-7-10-16-17-12(18-10)8-3-2-4-9-11(8)15-6-5-14-9/h2-6,13H,7H2,1H3. The third kappa shape index (κ3) is 1.96. The quantitative estimate of drug-likeness (QED) is 0.776. The zero-order valence-electron chi connectivity index (χ0n) is 9.79. The topological polar surface area (TPSA) is 63.6 Å². The highest BCUT2D eigenvalue weighted by molar-refractivity contribution is 7.14. The van der Waals surface area contributed by atoms with E-state index in [1.807, 2.05) is 25.2 Å². The Kier molecular flexibility index (Phi) is 2.95. The normalized spacial score (nSPS) is 10.9. The van der Waals surface area contributed by atoms with Gasteiger partial charge in [0.05, 0.1) is 11.0 Å². The number of nitrogens with one attached hydrogen (secondary N) is 1. The van der Waals surface area contributed by atoms with E-state index >= 15 is 0 Å². The van der Waals surface area contributed by atoms with E-state index in [2.05, 4.69) is 25.5 Å². The van der Waals surface area contributed by atoms with Crippen LogP contribution in [0.1, 0.15) is 5.01 Å². The van der Waals surface area contributed by atoms with E-state index in [0.717, 1.165) is 33.2 Å². The molecule has 1 N–H and O–H groups in total. The molecule has 0 aliphatic carbocycles. The van der Waals surface area contributed by atoms with Crippen molar-refractivity contribution in [2.45, 2.75) is 6.54 Å². The highest BCUT2D eigenvalue weighted by Crippen LogP contribution is 2.28. The average molecular weight is 257 g/mol. The zero-order chi connectivity index (χ0) is 12.4. The summed E-state index contributed by atoms with van der Waals surface area (Å²) in [6.45, 7) is 0.730. The van der Waals surface area contributed by atoms with Crippen molar-refractivity contribution >= 4 is 22.4 Å². The predicted molar refractivity (Wildman–Crippen MR) is 71.2 cm³/mol. The van der Waals surface area contributed by atoms with Crippen molar-refractivity contribution in [3.63, 3.8) is 0 Å². The van der Waals surface area contributed by atoms with Crippen molar-refractivity contribution < 1.29 is 0 Å². The highest BCUT2D eigenvalue weighted by atomic mass is 32.1. The number of para-hydroxylation sites is 1. The first-order valence-electron chi connectivity index (χ1n) is 5.55. The van der Waals surface area contributed by atoms with Crippen LogP contribution in [0.2, 0.25) is 0 Å². The van der Waals surface area contributed by atoms with Crippen LogP contribution in [0.3, 0.4) is 0 Å². The Morgan fingerprint density at radius 3 is 2.94 bits per heavy atom. The van der Waals surface area contributed by atoms with Crippen LogP contribution in [-0.2, 0) is 6.54 Å². The van der Waals surface area contributed by atoms with Gasteiger partial charge in [-0.15, -0.1) is 10.2 Å². The van der Waals surface area contributed by atoms with E-state index in [-0.39, 0.29) is 0 Å². The van der Waals surface area contributed by atoms with Crippen LogP contribution < -0.4 is 5.32 Å². The molecule has 0 spiro atoms. The first-order chi connectivity index (χ1) is 8.88. The molecule has 6 heteroatoms. The molecule has 0 aliphatic heterocycles. The molecule has 1 aromatic carbocycles. The molecule has 0 atom stereocenters. The van der Waals surface area contributed by atoms with Gasteiger partial charge in [0.1, 0.15) is 10.0 Å². The number of hydrogen-bond donors (Lipinski definition) is 1. The van der Waals surface area contributed by atoms with Gasteiger partial charge < -0.3 is 5.32 Å². The fourth-order valence-electron chi connectivity index (χ4n) is 1.75. The maximum atomic E-state index is 4.37. The molecule has 5 nitrogen and oxygen atoms in total. The second-order valence-electron chi connectivity index (χ2n) is 3.76. The second kappa shape index (κ2) is 4.75. The lowest BCUT2D eigenvalue weighted by molar-refractivity contribution is 0.795. The van der Waals surface area contributed by atoms with Crippen LogP contribution in [0.25, 0.3) is 21.6 Å². The Labute approximate surface area is 108 Å². The molecule has 0 aliphatic rings. The summed E-state index contributed by atoms with van der Waals surface area (Å²) in [6.07, 6.45) is 3.39. The molecule has 3 aromatic rings. The van der Waals surface area contributed by atoms with Gasteiger partial charge in [-0.05, 0) is 19.2 Å². The number of nitrogens with zero attached hydrogens (tertiary/aromatic N) is 4. The SMILES string of the molecule is CNCc1nnc(-c2cccc3nccnc23)s1. The maximum absolute atomic E-state index is 4.37. The van der Waals surface area contributed by atoms with Gasteiger partial charge in [0.25, 0.3) is 0 Å². The molecule has 18 heavy (non-hydrogen) atoms. The lowest BCUT2D eigenvalue weighted by Crippen LogP contribution is -2.04. The number of aromatic nitrogens is 4. The molecule has 2 heterocycles. The van der Waals surface area contributed by atoms with Crippen molar-refractivity contribution in [2.24, 2.45) is 0 Å². The van der Waals surface area contributed by atoms with Gasteiger partial charge in [-0.25, -0.2) is 0 Å². The number of benzene rings is 1. The summed E-state index contributed by atoms with van der Waals surface area (Å²) in [6, 6.07) is 5.91. The summed E-state index contributed by atoms with van der Waals surface area (Å²) in [5.74, 6) is 0. The van der Waals surface area contributed by atoms with Crippen molar-refractivity contribution in [3.05, 3.63) is 35.6 Å². The smallest absolute Gasteiger partial charge is 0.150 e. The van der Waals surface area contributed by atoms with E-state index in [0.29, 0.717) is 0 Å². The summed E-state index contributed by atoms with van der Waals surface area (Å²) in [4.78, 5) is 8.67. The fourth-order valence-corrected chi connectivity index (χ4v) is 2.63. The lowest BCUT2D eigenvalue weighted by Gasteiger charge is -2.00. The molecule has 0 fully saturated rings. The molecule has 3 rings (SSSR count).